The summed E-state index contributed by atoms with van der Waals surface area (Å²) in [6.45, 7) is 0. The van der Waals surface area contributed by atoms with Gasteiger partial charge >= 0.3 is 0 Å². The first-order valence-electron chi connectivity index (χ1n) is 1.67. The van der Waals surface area contributed by atoms with Gasteiger partial charge in [0.15, 0.2) is 0 Å². The van der Waals surface area contributed by atoms with Gasteiger partial charge in [0.25, 0.3) is 0 Å². The van der Waals surface area contributed by atoms with Crippen LogP contribution >= 0.6 is 15.9 Å². The minimum atomic E-state index is -0.479. The highest BCUT2D eigenvalue weighted by Gasteiger charge is 2.13. The molecule has 0 aromatic heterocycles. The van der Waals surface area contributed by atoms with Crippen LogP contribution in [0, 0.1) is 0 Å². The lowest BCUT2D eigenvalue weighted by Gasteiger charge is -2.03. The zero-order chi connectivity index (χ0) is 5.28. The number of alkyl halides is 1. The zero-order valence-corrected chi connectivity index (χ0v) is 4.89. The minimum absolute atomic E-state index is 0.417. The summed E-state index contributed by atoms with van der Waals surface area (Å²) in [7, 11) is 0. The molecule has 0 amide bonds. The van der Waals surface area contributed by atoms with Crippen LogP contribution in [0.3, 0.4) is 0 Å². The van der Waals surface area contributed by atoms with Crippen molar-refractivity contribution in [2.24, 2.45) is 5.10 Å². The Labute approximate surface area is 48.2 Å². The molecule has 1 rings (SSSR count). The lowest BCUT2D eigenvalue weighted by Crippen LogP contribution is -2.23. The van der Waals surface area contributed by atoms with Gasteiger partial charge in [-0.1, -0.05) is 4.48 Å². The van der Waals surface area contributed by atoms with Crippen LogP contribution in [-0.2, 0) is 0 Å². The van der Waals surface area contributed by atoms with Crippen LogP contribution in [0.25, 0.3) is 0 Å². The average molecular weight is 168 g/mol. The Kier molecular flexibility index (Phi) is 1.14. The summed E-state index contributed by atoms with van der Waals surface area (Å²) in [6.07, 6.45) is 1.05. The summed E-state index contributed by atoms with van der Waals surface area (Å²) in [5, 5.41) is 3.31. The molecule has 0 radical (unpaired) electrons. The zero-order valence-electron chi connectivity index (χ0n) is 3.31. The van der Waals surface area contributed by atoms with E-state index in [1.165, 1.54) is 0 Å². The largest absolute Gasteiger partial charge is 0.274 e. The summed E-state index contributed by atoms with van der Waals surface area (Å²) in [4.78, 5) is 0. The van der Waals surface area contributed by atoms with E-state index in [1.807, 2.05) is 0 Å². The van der Waals surface area contributed by atoms with Gasteiger partial charge in [0.2, 0.25) is 5.08 Å². The van der Waals surface area contributed by atoms with Crippen LogP contribution in [0.2, 0.25) is 0 Å². The van der Waals surface area contributed by atoms with Crippen molar-refractivity contribution in [2.45, 2.75) is 5.08 Å². The Hall–Kier alpha value is -0.320. The third kappa shape index (κ3) is 0.821. The summed E-state index contributed by atoms with van der Waals surface area (Å²) >= 11 is 2.92. The summed E-state index contributed by atoms with van der Waals surface area (Å²) < 4.78 is 11.9. The molecular formula is C2H3BrFN3. The first kappa shape index (κ1) is 4.83. The average Bonchev–Trinajstić information content (AvgIpc) is 1.91. The monoisotopic (exact) mass is 167 g/mol. The predicted octanol–water partition coefficient (Wildman–Crippen LogP) is 0.398. The maximum atomic E-state index is 11.9. The van der Waals surface area contributed by atoms with Crippen molar-refractivity contribution >= 4 is 22.3 Å². The topological polar surface area (TPSA) is 27.6 Å². The number of rotatable bonds is 0. The number of halogens is 2. The number of hydrogen-bond donors (Lipinski definition) is 1. The highest BCUT2D eigenvalue weighted by molar-refractivity contribution is 9.09. The molecule has 0 aromatic rings. The Morgan fingerprint density at radius 3 is 2.86 bits per heavy atom. The highest BCUT2D eigenvalue weighted by Crippen LogP contribution is 2.05. The Morgan fingerprint density at radius 1 is 2.00 bits per heavy atom. The molecule has 0 aromatic carbocycles. The molecule has 1 aliphatic heterocycles. The smallest absolute Gasteiger partial charge is 0.201 e. The van der Waals surface area contributed by atoms with Gasteiger partial charge in [-0.15, -0.1) is 0 Å². The van der Waals surface area contributed by atoms with Gasteiger partial charge in [0, 0.05) is 0 Å². The summed E-state index contributed by atoms with van der Waals surface area (Å²) in [6, 6.07) is 0. The molecule has 1 aliphatic rings. The quantitative estimate of drug-likeness (QED) is 0.322. The third-order valence-electron chi connectivity index (χ3n) is 0.566. The van der Waals surface area contributed by atoms with Crippen LogP contribution in [-0.4, -0.2) is 16.5 Å². The van der Waals surface area contributed by atoms with Crippen molar-refractivity contribution in [3.05, 3.63) is 0 Å². The number of nitrogens with zero attached hydrogens (tertiary/aromatic N) is 2. The van der Waals surface area contributed by atoms with Gasteiger partial charge in [0.05, 0.1) is 0 Å². The van der Waals surface area contributed by atoms with Crippen LogP contribution in [0.15, 0.2) is 5.10 Å². The standard InChI is InChI=1S/C2H3BrFN3/c3-2-6-5-1-7(2)4/h1-2,6H. The Balaban J connectivity index is 2.45. The molecule has 0 saturated carbocycles. The molecule has 1 heterocycles. The molecule has 0 fully saturated rings. The molecular weight excluding hydrogens is 165 g/mol. The van der Waals surface area contributed by atoms with Gasteiger partial charge in [-0.3, -0.25) is 5.43 Å². The van der Waals surface area contributed by atoms with Crippen molar-refractivity contribution in [3.8, 4) is 0 Å². The Morgan fingerprint density at radius 2 is 2.71 bits per heavy atom. The van der Waals surface area contributed by atoms with Gasteiger partial charge < -0.3 is 0 Å². The summed E-state index contributed by atoms with van der Waals surface area (Å²) in [5.41, 5.74) is 2.41. The van der Waals surface area contributed by atoms with Crippen LogP contribution in [0.1, 0.15) is 0 Å². The second-order valence-electron chi connectivity index (χ2n) is 1.05. The van der Waals surface area contributed by atoms with Gasteiger partial charge in [0.1, 0.15) is 6.34 Å². The molecule has 3 nitrogen and oxygen atoms in total. The van der Waals surface area contributed by atoms with Crippen molar-refractivity contribution in [1.82, 2.24) is 10.5 Å². The van der Waals surface area contributed by atoms with Crippen LogP contribution in [0.5, 0.6) is 0 Å². The lowest BCUT2D eigenvalue weighted by molar-refractivity contribution is 0.120. The van der Waals surface area contributed by atoms with E-state index in [9.17, 15) is 4.48 Å². The van der Waals surface area contributed by atoms with Crippen molar-refractivity contribution in [2.75, 3.05) is 0 Å². The van der Waals surface area contributed by atoms with Crippen molar-refractivity contribution in [1.29, 1.82) is 0 Å². The van der Waals surface area contributed by atoms with Gasteiger partial charge in [-0.2, -0.15) is 10.2 Å². The van der Waals surface area contributed by atoms with E-state index >= 15 is 0 Å². The molecule has 7 heavy (non-hydrogen) atoms. The van der Waals surface area contributed by atoms with E-state index in [4.69, 9.17) is 0 Å². The third-order valence-corrected chi connectivity index (χ3v) is 1.16. The Bertz CT molecular complexity index is 94.9. The van der Waals surface area contributed by atoms with Gasteiger partial charge in [-0.05, 0) is 15.9 Å². The molecule has 0 bridgehead atoms. The number of nitrogens with one attached hydrogen (secondary N) is 1. The SMILES string of the molecule is FN1C=NNC1Br. The number of hydrazone groups is 1. The second kappa shape index (κ2) is 1.65. The molecule has 1 N–H and O–H groups in total. The highest BCUT2D eigenvalue weighted by atomic mass is 79.9. The number of hydrogen-bond acceptors (Lipinski definition) is 3. The van der Waals surface area contributed by atoms with E-state index < -0.39 is 5.08 Å². The molecule has 40 valence electrons. The van der Waals surface area contributed by atoms with Crippen molar-refractivity contribution < 1.29 is 4.48 Å². The summed E-state index contributed by atoms with van der Waals surface area (Å²) in [5.74, 6) is 0. The predicted molar refractivity (Wildman–Crippen MR) is 27.3 cm³/mol. The molecule has 0 aliphatic carbocycles. The van der Waals surface area contributed by atoms with E-state index in [1.54, 1.807) is 0 Å². The lowest BCUT2D eigenvalue weighted by atomic mass is 11.1. The van der Waals surface area contributed by atoms with Crippen LogP contribution < -0.4 is 5.43 Å². The normalized spacial score (nSPS) is 28.3. The van der Waals surface area contributed by atoms with Crippen molar-refractivity contribution in [3.63, 3.8) is 0 Å². The van der Waals surface area contributed by atoms with Gasteiger partial charge in [-0.25, -0.2) is 0 Å². The van der Waals surface area contributed by atoms with E-state index in [-0.39, 0.29) is 0 Å². The second-order valence-corrected chi connectivity index (χ2v) is 1.92. The van der Waals surface area contributed by atoms with Crippen LogP contribution in [0.4, 0.5) is 4.48 Å². The molecule has 1 atom stereocenters. The molecule has 1 unspecified atom stereocenters. The molecule has 0 spiro atoms. The first-order chi connectivity index (χ1) is 3.30. The van der Waals surface area contributed by atoms with E-state index in [2.05, 4.69) is 26.5 Å². The van der Waals surface area contributed by atoms with E-state index in [0.717, 1.165) is 6.34 Å². The first-order valence-corrected chi connectivity index (χ1v) is 2.59. The molecule has 5 heteroatoms. The van der Waals surface area contributed by atoms with E-state index in [0.29, 0.717) is 5.12 Å². The minimum Gasteiger partial charge on any atom is -0.274 e. The fourth-order valence-electron chi connectivity index (χ4n) is 0.264. The fourth-order valence-corrected chi connectivity index (χ4v) is 0.488. The fraction of sp³-hybridized carbons (Fsp3) is 0.500. The molecule has 0 saturated heterocycles. The maximum Gasteiger partial charge on any atom is 0.201 e. The maximum absolute atomic E-state index is 11.9.